The molecule has 78 valence electrons. The predicted molar refractivity (Wildman–Crippen MR) is 58.0 cm³/mol. The van der Waals surface area contributed by atoms with Gasteiger partial charge in [0.05, 0.1) is 0 Å². The maximum Gasteiger partial charge on any atom is 0.0197 e. The van der Waals surface area contributed by atoms with E-state index in [2.05, 4.69) is 31.0 Å². The predicted octanol–water partition coefficient (Wildman–Crippen LogP) is 1.86. The zero-order valence-electron chi connectivity index (χ0n) is 9.56. The lowest BCUT2D eigenvalue weighted by Crippen LogP contribution is -2.54. The van der Waals surface area contributed by atoms with E-state index in [1.165, 1.54) is 25.8 Å². The second kappa shape index (κ2) is 4.43. The van der Waals surface area contributed by atoms with Gasteiger partial charge < -0.3 is 5.32 Å². The van der Waals surface area contributed by atoms with E-state index in [4.69, 9.17) is 0 Å². The molecule has 1 unspecified atom stereocenters. The zero-order chi connectivity index (χ0) is 9.90. The minimum Gasteiger partial charge on any atom is -0.318 e. The standard InChI is InChI=1S/C11H24N2/c1-10(9-12-4)13-8-6-5-7-11(13,2)3/h10,12H,5-9H2,1-4H3. The molecule has 2 nitrogen and oxygen atoms in total. The van der Waals surface area contributed by atoms with Gasteiger partial charge in [-0.2, -0.15) is 0 Å². The van der Waals surface area contributed by atoms with Crippen LogP contribution in [0.3, 0.4) is 0 Å². The van der Waals surface area contributed by atoms with Gasteiger partial charge in [-0.25, -0.2) is 0 Å². The Balaban J connectivity index is 2.54. The number of nitrogens with zero attached hydrogens (tertiary/aromatic N) is 1. The van der Waals surface area contributed by atoms with Gasteiger partial charge in [-0.05, 0) is 47.2 Å². The van der Waals surface area contributed by atoms with Crippen molar-refractivity contribution in [1.29, 1.82) is 0 Å². The second-order valence-corrected chi connectivity index (χ2v) is 4.87. The molecule has 0 spiro atoms. The third-order valence-corrected chi connectivity index (χ3v) is 3.25. The van der Waals surface area contributed by atoms with Crippen LogP contribution in [-0.4, -0.2) is 36.6 Å². The van der Waals surface area contributed by atoms with Crippen molar-refractivity contribution in [2.24, 2.45) is 0 Å². The van der Waals surface area contributed by atoms with Crippen LogP contribution in [0.5, 0.6) is 0 Å². The molecule has 13 heavy (non-hydrogen) atoms. The van der Waals surface area contributed by atoms with Gasteiger partial charge in [0.25, 0.3) is 0 Å². The summed E-state index contributed by atoms with van der Waals surface area (Å²) in [4.78, 5) is 2.65. The van der Waals surface area contributed by atoms with E-state index in [9.17, 15) is 0 Å². The van der Waals surface area contributed by atoms with Crippen LogP contribution in [0.4, 0.5) is 0 Å². The molecule has 0 aromatic rings. The summed E-state index contributed by atoms with van der Waals surface area (Å²) >= 11 is 0. The monoisotopic (exact) mass is 184 g/mol. The fraction of sp³-hybridized carbons (Fsp3) is 1.00. The molecule has 0 amide bonds. The number of likely N-dealkylation sites (N-methyl/N-ethyl adjacent to an activating group) is 1. The second-order valence-electron chi connectivity index (χ2n) is 4.87. The Bertz CT molecular complexity index is 154. The summed E-state index contributed by atoms with van der Waals surface area (Å²) in [7, 11) is 2.04. The Morgan fingerprint density at radius 1 is 1.38 bits per heavy atom. The molecule has 0 aromatic carbocycles. The Kier molecular flexibility index (Phi) is 3.74. The third kappa shape index (κ3) is 2.68. The van der Waals surface area contributed by atoms with Gasteiger partial charge in [0.15, 0.2) is 0 Å². The van der Waals surface area contributed by atoms with E-state index in [1.807, 2.05) is 7.05 Å². The van der Waals surface area contributed by atoms with E-state index < -0.39 is 0 Å². The summed E-state index contributed by atoms with van der Waals surface area (Å²) in [5, 5.41) is 3.26. The van der Waals surface area contributed by atoms with E-state index in [0.717, 1.165) is 6.54 Å². The highest BCUT2D eigenvalue weighted by atomic mass is 15.2. The first kappa shape index (κ1) is 11.0. The van der Waals surface area contributed by atoms with Gasteiger partial charge in [0, 0.05) is 18.1 Å². The topological polar surface area (TPSA) is 15.3 Å². The smallest absolute Gasteiger partial charge is 0.0197 e. The molecule has 1 saturated heterocycles. The fourth-order valence-corrected chi connectivity index (χ4v) is 2.51. The number of rotatable bonds is 3. The summed E-state index contributed by atoms with van der Waals surface area (Å²) in [6, 6.07) is 0.667. The Morgan fingerprint density at radius 2 is 2.08 bits per heavy atom. The third-order valence-electron chi connectivity index (χ3n) is 3.25. The first-order chi connectivity index (χ1) is 6.08. The first-order valence-corrected chi connectivity index (χ1v) is 5.49. The van der Waals surface area contributed by atoms with Crippen molar-refractivity contribution >= 4 is 0 Å². The average Bonchev–Trinajstić information content (AvgIpc) is 2.03. The minimum absolute atomic E-state index is 0.411. The van der Waals surface area contributed by atoms with Gasteiger partial charge in [0.2, 0.25) is 0 Å². The largest absolute Gasteiger partial charge is 0.318 e. The molecule has 0 bridgehead atoms. The van der Waals surface area contributed by atoms with Crippen LogP contribution in [0.25, 0.3) is 0 Å². The molecule has 1 aliphatic heterocycles. The average molecular weight is 184 g/mol. The molecule has 2 heteroatoms. The van der Waals surface area contributed by atoms with Crippen molar-refractivity contribution in [1.82, 2.24) is 10.2 Å². The summed E-state index contributed by atoms with van der Waals surface area (Å²) in [5.74, 6) is 0. The molecule has 1 aliphatic rings. The number of piperidine rings is 1. The molecule has 0 aliphatic carbocycles. The van der Waals surface area contributed by atoms with Crippen LogP contribution in [0, 0.1) is 0 Å². The lowest BCUT2D eigenvalue weighted by Gasteiger charge is -2.46. The quantitative estimate of drug-likeness (QED) is 0.720. The number of hydrogen-bond acceptors (Lipinski definition) is 2. The van der Waals surface area contributed by atoms with Gasteiger partial charge in [-0.3, -0.25) is 4.90 Å². The molecule has 1 fully saturated rings. The minimum atomic E-state index is 0.411. The highest BCUT2D eigenvalue weighted by Gasteiger charge is 2.32. The fourth-order valence-electron chi connectivity index (χ4n) is 2.51. The summed E-state index contributed by atoms with van der Waals surface area (Å²) in [6.07, 6.45) is 4.12. The van der Waals surface area contributed by atoms with Gasteiger partial charge in [-0.15, -0.1) is 0 Å². The van der Waals surface area contributed by atoms with Crippen molar-refractivity contribution in [2.45, 2.75) is 51.6 Å². The van der Waals surface area contributed by atoms with Crippen LogP contribution in [-0.2, 0) is 0 Å². The molecule has 1 atom stereocenters. The Morgan fingerprint density at radius 3 is 2.62 bits per heavy atom. The van der Waals surface area contributed by atoms with E-state index in [1.54, 1.807) is 0 Å². The molecule has 1 N–H and O–H groups in total. The van der Waals surface area contributed by atoms with Crippen molar-refractivity contribution in [3.63, 3.8) is 0 Å². The molecule has 0 aromatic heterocycles. The van der Waals surface area contributed by atoms with Crippen LogP contribution < -0.4 is 5.32 Å². The summed E-state index contributed by atoms with van der Waals surface area (Å²) in [6.45, 7) is 9.44. The van der Waals surface area contributed by atoms with Crippen LogP contribution in [0.1, 0.15) is 40.0 Å². The Hall–Kier alpha value is -0.0800. The SMILES string of the molecule is CNCC(C)N1CCCCC1(C)C. The van der Waals surface area contributed by atoms with E-state index in [-0.39, 0.29) is 0 Å². The van der Waals surface area contributed by atoms with E-state index in [0.29, 0.717) is 11.6 Å². The summed E-state index contributed by atoms with van der Waals surface area (Å²) < 4.78 is 0. The highest BCUT2D eigenvalue weighted by Crippen LogP contribution is 2.28. The molecular weight excluding hydrogens is 160 g/mol. The molecular formula is C11H24N2. The first-order valence-electron chi connectivity index (χ1n) is 5.49. The molecule has 1 rings (SSSR count). The highest BCUT2D eigenvalue weighted by molar-refractivity contribution is 4.88. The van der Waals surface area contributed by atoms with Crippen molar-refractivity contribution < 1.29 is 0 Å². The number of hydrogen-bond donors (Lipinski definition) is 1. The normalized spacial score (nSPS) is 25.8. The number of nitrogens with one attached hydrogen (secondary N) is 1. The maximum atomic E-state index is 3.26. The van der Waals surface area contributed by atoms with Crippen LogP contribution in [0.15, 0.2) is 0 Å². The van der Waals surface area contributed by atoms with Crippen molar-refractivity contribution in [2.75, 3.05) is 20.1 Å². The molecule has 0 radical (unpaired) electrons. The lowest BCUT2D eigenvalue weighted by atomic mass is 9.89. The van der Waals surface area contributed by atoms with Crippen LogP contribution >= 0.6 is 0 Å². The van der Waals surface area contributed by atoms with Gasteiger partial charge >= 0.3 is 0 Å². The zero-order valence-corrected chi connectivity index (χ0v) is 9.56. The molecule has 0 saturated carbocycles. The van der Waals surface area contributed by atoms with Crippen molar-refractivity contribution in [3.05, 3.63) is 0 Å². The Labute approximate surface area is 82.7 Å². The molecule has 1 heterocycles. The lowest BCUT2D eigenvalue weighted by molar-refractivity contribution is 0.0407. The van der Waals surface area contributed by atoms with Crippen LogP contribution in [0.2, 0.25) is 0 Å². The van der Waals surface area contributed by atoms with Gasteiger partial charge in [-0.1, -0.05) is 6.42 Å². The van der Waals surface area contributed by atoms with Crippen molar-refractivity contribution in [3.8, 4) is 0 Å². The summed E-state index contributed by atoms with van der Waals surface area (Å²) in [5.41, 5.74) is 0.411. The van der Waals surface area contributed by atoms with E-state index >= 15 is 0 Å². The van der Waals surface area contributed by atoms with Gasteiger partial charge in [0.1, 0.15) is 0 Å². The maximum absolute atomic E-state index is 3.26. The number of likely N-dealkylation sites (tertiary alicyclic amines) is 1.